The van der Waals surface area contributed by atoms with Crippen LogP contribution in [0.25, 0.3) is 0 Å². The molecule has 0 fully saturated rings. The van der Waals surface area contributed by atoms with Gasteiger partial charge in [-0.1, -0.05) is 30.3 Å². The van der Waals surface area contributed by atoms with Crippen LogP contribution in [0.5, 0.6) is 5.75 Å². The monoisotopic (exact) mass is 267 g/mol. The first-order valence-electron chi connectivity index (χ1n) is 7.30. The van der Waals surface area contributed by atoms with E-state index in [1.807, 2.05) is 12.1 Å². The number of fused-ring (bicyclic) bond motifs is 1. The molecule has 2 aromatic rings. The highest BCUT2D eigenvalue weighted by Gasteiger charge is 2.13. The Morgan fingerprint density at radius 3 is 2.75 bits per heavy atom. The number of ether oxygens (including phenoxy) is 1. The molecule has 2 N–H and O–H groups in total. The lowest BCUT2D eigenvalue weighted by Crippen LogP contribution is -2.20. The van der Waals surface area contributed by atoms with Crippen molar-refractivity contribution in [2.75, 3.05) is 6.61 Å². The zero-order valence-corrected chi connectivity index (χ0v) is 11.9. The van der Waals surface area contributed by atoms with E-state index in [0.717, 1.165) is 11.3 Å². The summed E-state index contributed by atoms with van der Waals surface area (Å²) in [5.41, 5.74) is 11.5. The van der Waals surface area contributed by atoms with Crippen molar-refractivity contribution in [1.82, 2.24) is 0 Å². The number of rotatable bonds is 4. The molecule has 20 heavy (non-hydrogen) atoms. The molecule has 0 heterocycles. The minimum Gasteiger partial charge on any atom is -0.492 e. The Balaban J connectivity index is 1.66. The highest BCUT2D eigenvalue weighted by Crippen LogP contribution is 2.26. The molecule has 0 saturated heterocycles. The van der Waals surface area contributed by atoms with E-state index in [0.29, 0.717) is 6.61 Å². The van der Waals surface area contributed by atoms with Gasteiger partial charge in [0, 0.05) is 0 Å². The van der Waals surface area contributed by atoms with Gasteiger partial charge in [-0.05, 0) is 60.6 Å². The predicted octanol–water partition coefficient (Wildman–Crippen LogP) is 3.56. The highest BCUT2D eigenvalue weighted by atomic mass is 16.5. The third-order valence-electron chi connectivity index (χ3n) is 4.09. The summed E-state index contributed by atoms with van der Waals surface area (Å²) in [5, 5.41) is 0. The maximum atomic E-state index is 6.23. The second-order valence-electron chi connectivity index (χ2n) is 5.56. The molecule has 0 aromatic heterocycles. The topological polar surface area (TPSA) is 35.2 Å². The van der Waals surface area contributed by atoms with Crippen LogP contribution in [0.2, 0.25) is 0 Å². The summed E-state index contributed by atoms with van der Waals surface area (Å²) in [5.74, 6) is 0.940. The van der Waals surface area contributed by atoms with Crippen LogP contribution in [-0.4, -0.2) is 6.61 Å². The highest BCUT2D eigenvalue weighted by molar-refractivity contribution is 5.38. The van der Waals surface area contributed by atoms with Gasteiger partial charge in [-0.3, -0.25) is 0 Å². The zero-order valence-electron chi connectivity index (χ0n) is 11.9. The summed E-state index contributed by atoms with van der Waals surface area (Å²) >= 11 is 0. The molecule has 2 aromatic carbocycles. The summed E-state index contributed by atoms with van der Waals surface area (Å²) < 4.78 is 5.88. The molecule has 0 radical (unpaired) electrons. The molecule has 0 saturated carbocycles. The third-order valence-corrected chi connectivity index (χ3v) is 4.09. The molecule has 1 aliphatic carbocycles. The van der Waals surface area contributed by atoms with Crippen LogP contribution in [0.3, 0.4) is 0 Å². The Morgan fingerprint density at radius 2 is 1.90 bits per heavy atom. The van der Waals surface area contributed by atoms with Crippen LogP contribution in [0.4, 0.5) is 0 Å². The van der Waals surface area contributed by atoms with Crippen molar-refractivity contribution in [1.29, 1.82) is 0 Å². The summed E-state index contributed by atoms with van der Waals surface area (Å²) in [6.07, 6.45) is 3.65. The fraction of sp³-hybridized carbons (Fsp3) is 0.333. The van der Waals surface area contributed by atoms with E-state index >= 15 is 0 Å². The lowest BCUT2D eigenvalue weighted by molar-refractivity contribution is 0.290. The number of benzene rings is 2. The summed E-state index contributed by atoms with van der Waals surface area (Å²) in [7, 11) is 0. The van der Waals surface area contributed by atoms with Gasteiger partial charge in [0.15, 0.2) is 0 Å². The van der Waals surface area contributed by atoms with Gasteiger partial charge < -0.3 is 10.5 Å². The lowest BCUT2D eigenvalue weighted by atomic mass is 10.0. The zero-order chi connectivity index (χ0) is 13.9. The van der Waals surface area contributed by atoms with Crippen LogP contribution >= 0.6 is 0 Å². The van der Waals surface area contributed by atoms with Crippen molar-refractivity contribution in [3.05, 3.63) is 64.7 Å². The van der Waals surface area contributed by atoms with Crippen molar-refractivity contribution < 1.29 is 4.74 Å². The molecule has 1 atom stereocenters. The van der Waals surface area contributed by atoms with Gasteiger partial charge >= 0.3 is 0 Å². The van der Waals surface area contributed by atoms with Crippen molar-refractivity contribution in [3.63, 3.8) is 0 Å². The number of hydrogen-bond acceptors (Lipinski definition) is 2. The first kappa shape index (κ1) is 13.2. The van der Waals surface area contributed by atoms with E-state index in [4.69, 9.17) is 10.5 Å². The van der Waals surface area contributed by atoms with Gasteiger partial charge in [0.05, 0.1) is 6.04 Å². The van der Waals surface area contributed by atoms with E-state index < -0.39 is 0 Å². The normalized spacial score (nSPS) is 14.9. The van der Waals surface area contributed by atoms with Crippen molar-refractivity contribution in [3.8, 4) is 5.75 Å². The second-order valence-corrected chi connectivity index (χ2v) is 5.56. The maximum absolute atomic E-state index is 6.23. The molecular weight excluding hydrogens is 246 g/mol. The Labute approximate surface area is 120 Å². The Morgan fingerprint density at radius 1 is 1.10 bits per heavy atom. The first-order chi connectivity index (χ1) is 9.74. The van der Waals surface area contributed by atoms with Crippen molar-refractivity contribution >= 4 is 0 Å². The second kappa shape index (κ2) is 5.68. The Hall–Kier alpha value is -1.80. The van der Waals surface area contributed by atoms with E-state index in [2.05, 4.69) is 37.3 Å². The molecule has 1 unspecified atom stereocenters. The first-order valence-corrected chi connectivity index (χ1v) is 7.30. The van der Waals surface area contributed by atoms with Crippen molar-refractivity contribution in [2.45, 2.75) is 32.2 Å². The molecule has 0 aliphatic heterocycles. The predicted molar refractivity (Wildman–Crippen MR) is 82.1 cm³/mol. The van der Waals surface area contributed by atoms with Gasteiger partial charge in [-0.2, -0.15) is 0 Å². The van der Waals surface area contributed by atoms with E-state index in [1.54, 1.807) is 0 Å². The average molecular weight is 267 g/mol. The SMILES string of the molecule is Cc1ccccc1C(N)COc1ccc2c(c1)CCC2. The van der Waals surface area contributed by atoms with Gasteiger partial charge in [0.25, 0.3) is 0 Å². The standard InChI is InChI=1S/C18H21NO/c1-13-5-2-3-8-17(13)18(19)12-20-16-10-9-14-6-4-7-15(14)11-16/h2-3,5,8-11,18H,4,6-7,12,19H2,1H3. The van der Waals surface area contributed by atoms with Gasteiger partial charge in [0.2, 0.25) is 0 Å². The number of nitrogens with two attached hydrogens (primary N) is 1. The molecule has 0 spiro atoms. The van der Waals surface area contributed by atoms with Crippen LogP contribution < -0.4 is 10.5 Å². The Bertz CT molecular complexity index is 606. The van der Waals surface area contributed by atoms with Gasteiger partial charge in [-0.25, -0.2) is 0 Å². The van der Waals surface area contributed by atoms with Crippen LogP contribution in [0, 0.1) is 6.92 Å². The number of hydrogen-bond donors (Lipinski definition) is 1. The lowest BCUT2D eigenvalue weighted by Gasteiger charge is -2.16. The van der Waals surface area contributed by atoms with Gasteiger partial charge in [-0.15, -0.1) is 0 Å². The largest absolute Gasteiger partial charge is 0.492 e. The van der Waals surface area contributed by atoms with Crippen LogP contribution in [-0.2, 0) is 12.8 Å². The smallest absolute Gasteiger partial charge is 0.119 e. The molecule has 1 aliphatic rings. The van der Waals surface area contributed by atoms with E-state index in [1.165, 1.54) is 36.0 Å². The molecule has 2 nitrogen and oxygen atoms in total. The van der Waals surface area contributed by atoms with Gasteiger partial charge in [0.1, 0.15) is 12.4 Å². The fourth-order valence-corrected chi connectivity index (χ4v) is 2.92. The van der Waals surface area contributed by atoms with Crippen molar-refractivity contribution in [2.24, 2.45) is 5.73 Å². The molecule has 3 rings (SSSR count). The Kier molecular flexibility index (Phi) is 3.75. The van der Waals surface area contributed by atoms with E-state index in [-0.39, 0.29) is 6.04 Å². The quantitative estimate of drug-likeness (QED) is 0.919. The molecule has 0 amide bonds. The summed E-state index contributed by atoms with van der Waals surface area (Å²) in [6.45, 7) is 2.61. The van der Waals surface area contributed by atoms with Crippen LogP contribution in [0.15, 0.2) is 42.5 Å². The molecule has 104 valence electrons. The molecule has 0 bridgehead atoms. The summed E-state index contributed by atoms with van der Waals surface area (Å²) in [6, 6.07) is 14.6. The maximum Gasteiger partial charge on any atom is 0.119 e. The minimum absolute atomic E-state index is 0.0792. The average Bonchev–Trinajstić information content (AvgIpc) is 2.92. The molecule has 2 heteroatoms. The summed E-state index contributed by atoms with van der Waals surface area (Å²) in [4.78, 5) is 0. The number of aryl methyl sites for hydroxylation is 3. The van der Waals surface area contributed by atoms with Crippen LogP contribution in [0.1, 0.15) is 34.7 Å². The fourth-order valence-electron chi connectivity index (χ4n) is 2.92. The third kappa shape index (κ3) is 2.70. The van der Waals surface area contributed by atoms with E-state index in [9.17, 15) is 0 Å². The minimum atomic E-state index is -0.0792. The molecular formula is C18H21NO.